The molecule has 3 rings (SSSR count). The van der Waals surface area contributed by atoms with Crippen molar-refractivity contribution in [3.63, 3.8) is 0 Å². The molecule has 2 aliphatic heterocycles. The highest BCUT2D eigenvalue weighted by molar-refractivity contribution is 6.50. The Labute approximate surface area is 91.8 Å². The van der Waals surface area contributed by atoms with Crippen LogP contribution < -0.4 is 0 Å². The molecule has 0 atom stereocenters. The predicted molar refractivity (Wildman–Crippen MR) is 60.3 cm³/mol. The largest absolute Gasteiger partial charge is 0.618 e. The summed E-state index contributed by atoms with van der Waals surface area (Å²) in [7, 11) is 0. The zero-order valence-electron chi connectivity index (χ0n) is 8.60. The molecule has 4 heteroatoms. The molecule has 1 aromatic carbocycles. The highest BCUT2D eigenvalue weighted by Gasteiger charge is 2.34. The molecule has 0 saturated heterocycles. The molecule has 2 heterocycles. The lowest BCUT2D eigenvalue weighted by Crippen LogP contribution is -2.16. The van der Waals surface area contributed by atoms with E-state index >= 15 is 0 Å². The topological polar surface area (TPSA) is 55.5 Å². The SMILES string of the molecule is CC1=C2C(=O)c3ccccc3N=C2C=[N+]1[O-]. The summed E-state index contributed by atoms with van der Waals surface area (Å²) in [4.78, 5) is 16.4. The Morgan fingerprint density at radius 2 is 2.06 bits per heavy atom. The van der Waals surface area contributed by atoms with Gasteiger partial charge in [0.05, 0.1) is 5.69 Å². The average Bonchev–Trinajstić information content (AvgIpc) is 2.55. The second-order valence-electron chi connectivity index (χ2n) is 3.76. The fraction of sp³-hybridized carbons (Fsp3) is 0.0833. The molecule has 0 N–H and O–H groups in total. The van der Waals surface area contributed by atoms with Gasteiger partial charge in [0.25, 0.3) is 0 Å². The highest BCUT2D eigenvalue weighted by Crippen LogP contribution is 2.30. The first-order valence-electron chi connectivity index (χ1n) is 4.93. The van der Waals surface area contributed by atoms with Gasteiger partial charge in [0, 0.05) is 12.5 Å². The molecule has 0 aromatic heterocycles. The van der Waals surface area contributed by atoms with Gasteiger partial charge >= 0.3 is 0 Å². The van der Waals surface area contributed by atoms with Gasteiger partial charge in [0.1, 0.15) is 11.3 Å². The van der Waals surface area contributed by atoms with Gasteiger partial charge in [0.2, 0.25) is 17.7 Å². The Hall–Kier alpha value is -2.23. The molecule has 0 fully saturated rings. The van der Waals surface area contributed by atoms with Crippen molar-refractivity contribution in [2.75, 3.05) is 0 Å². The maximum Gasteiger partial charge on any atom is 0.207 e. The quantitative estimate of drug-likeness (QED) is 0.486. The minimum atomic E-state index is -0.118. The minimum Gasteiger partial charge on any atom is -0.618 e. The number of carbonyl (C=O) groups is 1. The second kappa shape index (κ2) is 2.88. The lowest BCUT2D eigenvalue weighted by molar-refractivity contribution is -0.391. The van der Waals surface area contributed by atoms with Crippen LogP contribution in [0, 0.1) is 5.21 Å². The molecule has 0 aliphatic carbocycles. The summed E-state index contributed by atoms with van der Waals surface area (Å²) in [6.45, 7) is 1.63. The van der Waals surface area contributed by atoms with Gasteiger partial charge in [-0.25, -0.2) is 4.99 Å². The van der Waals surface area contributed by atoms with Crippen LogP contribution in [0.2, 0.25) is 0 Å². The molecule has 0 unspecified atom stereocenters. The van der Waals surface area contributed by atoms with Gasteiger partial charge in [-0.1, -0.05) is 12.1 Å². The molecule has 0 saturated carbocycles. The molecule has 1 aromatic rings. The molecule has 0 radical (unpaired) electrons. The van der Waals surface area contributed by atoms with Crippen LogP contribution in [0.3, 0.4) is 0 Å². The van der Waals surface area contributed by atoms with E-state index in [0.717, 1.165) is 0 Å². The van der Waals surface area contributed by atoms with Crippen LogP contribution in [-0.2, 0) is 0 Å². The number of Topliss-reactive ketones (excluding diaryl/α,β-unsaturated/α-hetero) is 1. The summed E-state index contributed by atoms with van der Waals surface area (Å²) in [5.74, 6) is -0.118. The predicted octanol–water partition coefficient (Wildman–Crippen LogP) is 1.82. The van der Waals surface area contributed by atoms with Crippen molar-refractivity contribution in [2.45, 2.75) is 6.92 Å². The van der Waals surface area contributed by atoms with E-state index < -0.39 is 0 Å². The molecule has 0 bridgehead atoms. The number of ketones is 1. The number of fused-ring (bicyclic) bond motifs is 2. The molecular weight excluding hydrogens is 204 g/mol. The lowest BCUT2D eigenvalue weighted by Gasteiger charge is -2.10. The third kappa shape index (κ3) is 1.01. The Balaban J connectivity index is 2.31. The van der Waals surface area contributed by atoms with Crippen molar-refractivity contribution in [1.82, 2.24) is 0 Å². The number of allylic oxidation sites excluding steroid dienone is 2. The second-order valence-corrected chi connectivity index (χ2v) is 3.76. The lowest BCUT2D eigenvalue weighted by atomic mass is 9.95. The van der Waals surface area contributed by atoms with Crippen molar-refractivity contribution in [2.24, 2.45) is 4.99 Å². The van der Waals surface area contributed by atoms with Crippen molar-refractivity contribution in [1.29, 1.82) is 0 Å². The van der Waals surface area contributed by atoms with Gasteiger partial charge < -0.3 is 5.21 Å². The van der Waals surface area contributed by atoms with Crippen LogP contribution in [0.1, 0.15) is 17.3 Å². The molecule has 16 heavy (non-hydrogen) atoms. The molecule has 2 aliphatic rings. The summed E-state index contributed by atoms with van der Waals surface area (Å²) in [6, 6.07) is 7.11. The fourth-order valence-corrected chi connectivity index (χ4v) is 1.96. The van der Waals surface area contributed by atoms with Crippen LogP contribution in [0.4, 0.5) is 5.69 Å². The molecule has 0 amide bonds. The normalized spacial score (nSPS) is 17.9. The van der Waals surface area contributed by atoms with Crippen LogP contribution in [0.15, 0.2) is 40.5 Å². The smallest absolute Gasteiger partial charge is 0.207 e. The first-order chi connectivity index (χ1) is 7.68. The van der Waals surface area contributed by atoms with E-state index in [-0.39, 0.29) is 5.78 Å². The number of benzene rings is 1. The summed E-state index contributed by atoms with van der Waals surface area (Å²) < 4.78 is 0.692. The third-order valence-corrected chi connectivity index (χ3v) is 2.80. The Morgan fingerprint density at radius 3 is 2.88 bits per heavy atom. The average molecular weight is 212 g/mol. The van der Waals surface area contributed by atoms with Crippen LogP contribution in [0.5, 0.6) is 0 Å². The number of hydrogen-bond donors (Lipinski definition) is 0. The number of carbonyl (C=O) groups excluding carboxylic acids is 1. The van der Waals surface area contributed by atoms with E-state index in [2.05, 4.69) is 4.99 Å². The van der Waals surface area contributed by atoms with Crippen molar-refractivity contribution >= 4 is 23.4 Å². The molecule has 4 nitrogen and oxygen atoms in total. The number of para-hydroxylation sites is 1. The van der Waals surface area contributed by atoms with Gasteiger partial charge in [0.15, 0.2) is 0 Å². The van der Waals surface area contributed by atoms with Gasteiger partial charge in [-0.2, -0.15) is 4.74 Å². The van der Waals surface area contributed by atoms with Crippen molar-refractivity contribution in [3.8, 4) is 0 Å². The van der Waals surface area contributed by atoms with Gasteiger partial charge in [-0.05, 0) is 12.1 Å². The summed E-state index contributed by atoms with van der Waals surface area (Å²) in [6.07, 6.45) is 1.35. The Bertz CT molecular complexity index is 609. The summed E-state index contributed by atoms with van der Waals surface area (Å²) in [5.41, 5.74) is 2.50. The highest BCUT2D eigenvalue weighted by atomic mass is 16.5. The van der Waals surface area contributed by atoms with Crippen molar-refractivity contribution in [3.05, 3.63) is 46.3 Å². The standard InChI is InChI=1S/C12H8N2O2/c1-7-11-10(6-14(7)16)13-9-5-3-2-4-8(9)12(11)15/h2-6H,1H3. The molecule has 78 valence electrons. The van der Waals surface area contributed by atoms with Crippen LogP contribution in [-0.4, -0.2) is 22.4 Å². The van der Waals surface area contributed by atoms with E-state index in [0.29, 0.717) is 33.0 Å². The Morgan fingerprint density at radius 1 is 1.31 bits per heavy atom. The van der Waals surface area contributed by atoms with Crippen LogP contribution in [0.25, 0.3) is 0 Å². The third-order valence-electron chi connectivity index (χ3n) is 2.80. The summed E-state index contributed by atoms with van der Waals surface area (Å²) in [5, 5.41) is 11.4. The maximum absolute atomic E-state index is 12.1. The first-order valence-corrected chi connectivity index (χ1v) is 4.93. The van der Waals surface area contributed by atoms with E-state index in [9.17, 15) is 10.0 Å². The fourth-order valence-electron chi connectivity index (χ4n) is 1.96. The van der Waals surface area contributed by atoms with E-state index in [1.165, 1.54) is 6.21 Å². The zero-order valence-corrected chi connectivity index (χ0v) is 8.60. The van der Waals surface area contributed by atoms with E-state index in [1.54, 1.807) is 25.1 Å². The van der Waals surface area contributed by atoms with Crippen LogP contribution >= 0.6 is 0 Å². The van der Waals surface area contributed by atoms with Crippen molar-refractivity contribution < 1.29 is 9.53 Å². The number of aliphatic imine (C=N–C) groups is 1. The summed E-state index contributed by atoms with van der Waals surface area (Å²) >= 11 is 0. The van der Waals surface area contributed by atoms with E-state index in [1.807, 2.05) is 6.07 Å². The first kappa shape index (κ1) is 9.03. The monoisotopic (exact) mass is 212 g/mol. The number of rotatable bonds is 0. The minimum absolute atomic E-state index is 0.118. The number of hydroxylamine groups is 1. The van der Waals surface area contributed by atoms with Gasteiger partial charge in [-0.3, -0.25) is 4.79 Å². The number of nitrogens with zero attached hydrogens (tertiary/aromatic N) is 2. The van der Waals surface area contributed by atoms with E-state index in [4.69, 9.17) is 0 Å². The maximum atomic E-state index is 12.1. The number of hydrogen-bond acceptors (Lipinski definition) is 3. The zero-order chi connectivity index (χ0) is 11.3. The molecular formula is C12H8N2O2. The molecule has 0 spiro atoms. The van der Waals surface area contributed by atoms with Gasteiger partial charge in [-0.15, -0.1) is 0 Å². The Kier molecular flexibility index (Phi) is 1.63.